The fourth-order valence-electron chi connectivity index (χ4n) is 9.30. The summed E-state index contributed by atoms with van der Waals surface area (Å²) >= 11 is 0. The molecular weight excluding hydrogens is 474 g/mol. The zero-order valence-corrected chi connectivity index (χ0v) is 20.4. The van der Waals surface area contributed by atoms with Gasteiger partial charge in [0.25, 0.3) is 0 Å². The van der Waals surface area contributed by atoms with E-state index in [1.807, 2.05) is 0 Å². The van der Waals surface area contributed by atoms with Gasteiger partial charge in [-0.1, -0.05) is 20.4 Å². The zero-order valence-electron chi connectivity index (χ0n) is 20.4. The molecule has 4 aliphatic carbocycles. The van der Waals surface area contributed by atoms with E-state index in [0.29, 0.717) is 0 Å². The summed E-state index contributed by atoms with van der Waals surface area (Å²) in [7, 11) is 0. The van der Waals surface area contributed by atoms with Crippen LogP contribution in [0, 0.1) is 16.7 Å². The van der Waals surface area contributed by atoms with E-state index in [4.69, 9.17) is 9.47 Å². The van der Waals surface area contributed by atoms with E-state index in [-0.39, 0.29) is 24.1 Å². The summed E-state index contributed by atoms with van der Waals surface area (Å²) in [4.78, 5) is 15.9. The molecule has 11 atom stereocenters. The zero-order chi connectivity index (χ0) is 26.5. The van der Waals surface area contributed by atoms with Crippen LogP contribution in [0.2, 0.25) is 0 Å². The quantitative estimate of drug-likeness (QED) is 0.179. The van der Waals surface area contributed by atoms with Gasteiger partial charge in [-0.15, -0.1) is 0 Å². The predicted octanol–water partition coefficient (Wildman–Crippen LogP) is -1.30. The number of hydrogen-bond donors (Lipinski definition) is 8. The predicted molar refractivity (Wildman–Crippen MR) is 120 cm³/mol. The number of rotatable bonds is 4. The van der Waals surface area contributed by atoms with Crippen molar-refractivity contribution in [2.75, 3.05) is 6.61 Å². The minimum atomic E-state index is -2.76. The molecule has 11 heteroatoms. The highest BCUT2D eigenvalue weighted by atomic mass is 16.7. The lowest BCUT2D eigenvalue weighted by Crippen LogP contribution is -2.74. The molecule has 198 valence electrons. The molecule has 7 rings (SSSR count). The lowest BCUT2D eigenvalue weighted by molar-refractivity contribution is -0.383. The van der Waals surface area contributed by atoms with Crippen LogP contribution in [0.25, 0.3) is 0 Å². The summed E-state index contributed by atoms with van der Waals surface area (Å²) in [6, 6.07) is 2.97. The van der Waals surface area contributed by atoms with Crippen molar-refractivity contribution >= 4 is 5.97 Å². The van der Waals surface area contributed by atoms with E-state index in [0.717, 1.165) is 0 Å². The number of aromatic amines is 1. The molecule has 0 radical (unpaired) electrons. The van der Waals surface area contributed by atoms with Gasteiger partial charge in [0.1, 0.15) is 34.2 Å². The topological polar surface area (TPSA) is 193 Å². The van der Waals surface area contributed by atoms with Gasteiger partial charge < -0.3 is 50.2 Å². The molecule has 11 unspecified atom stereocenters. The molecule has 0 aromatic carbocycles. The molecule has 2 saturated heterocycles. The number of aliphatic hydroxyl groups excluding tert-OH is 2. The van der Waals surface area contributed by atoms with Crippen molar-refractivity contribution in [3.8, 4) is 0 Å². The average Bonchev–Trinajstić information content (AvgIpc) is 3.45. The monoisotopic (exact) mass is 507 g/mol. The number of esters is 1. The second-order valence-corrected chi connectivity index (χ2v) is 11.9. The van der Waals surface area contributed by atoms with Gasteiger partial charge in [-0.05, 0) is 37.5 Å². The Hall–Kier alpha value is -1.83. The lowest BCUT2D eigenvalue weighted by atomic mass is 9.52. The summed E-state index contributed by atoms with van der Waals surface area (Å²) in [6.45, 7) is 7.31. The van der Waals surface area contributed by atoms with Gasteiger partial charge in [-0.25, -0.2) is 4.79 Å². The van der Waals surface area contributed by atoms with Gasteiger partial charge in [0.05, 0.1) is 5.41 Å². The molecule has 0 amide bonds. The van der Waals surface area contributed by atoms with Gasteiger partial charge in [0.15, 0.2) is 17.5 Å². The Morgan fingerprint density at radius 3 is 2.53 bits per heavy atom. The first-order valence-corrected chi connectivity index (χ1v) is 12.2. The van der Waals surface area contributed by atoms with E-state index >= 15 is 0 Å². The Labute approximate surface area is 207 Å². The van der Waals surface area contributed by atoms with Crippen LogP contribution in [0.5, 0.6) is 0 Å². The number of nitrogens with one attached hydrogen (secondary N) is 1. The highest BCUT2D eigenvalue weighted by molar-refractivity contribution is 5.87. The first-order valence-electron chi connectivity index (χ1n) is 12.2. The fourth-order valence-corrected chi connectivity index (χ4v) is 9.30. The number of aromatic nitrogens is 1. The van der Waals surface area contributed by atoms with Crippen LogP contribution >= 0.6 is 0 Å². The standard InChI is InChI=1S/C25H33NO10/c1-12-7-8-20(30)18(3)11-21(31)19(4)22(32,13(2)10-27)17(35-16(29)14-6-5-9-26-14)23(18,33)25(19,34)24(20,36-21)15(12)28/h5-6,9,13,15,17,26-28,30-34H,1,7-8,10-11H2,2-4H3. The first kappa shape index (κ1) is 24.5. The third-order valence-electron chi connectivity index (χ3n) is 11.1. The number of ether oxygens (including phenoxy) is 2. The van der Waals surface area contributed by atoms with Crippen molar-refractivity contribution in [2.24, 2.45) is 16.7 Å². The van der Waals surface area contributed by atoms with Gasteiger partial charge in [-0.3, -0.25) is 0 Å². The molecule has 3 heterocycles. The molecule has 4 saturated carbocycles. The van der Waals surface area contributed by atoms with E-state index in [2.05, 4.69) is 11.6 Å². The molecule has 36 heavy (non-hydrogen) atoms. The van der Waals surface area contributed by atoms with E-state index < -0.39 is 81.7 Å². The Morgan fingerprint density at radius 2 is 1.94 bits per heavy atom. The number of hydrogen-bond acceptors (Lipinski definition) is 10. The first-order chi connectivity index (χ1) is 16.6. The van der Waals surface area contributed by atoms with Crippen LogP contribution in [-0.2, 0) is 9.47 Å². The van der Waals surface area contributed by atoms with E-state index in [1.165, 1.54) is 33.0 Å². The van der Waals surface area contributed by atoms with Crippen molar-refractivity contribution in [3.05, 3.63) is 36.2 Å². The summed E-state index contributed by atoms with van der Waals surface area (Å²) in [5.41, 5.74) is -16.3. The Bertz CT molecular complexity index is 1190. The number of aliphatic hydroxyl groups is 7. The molecule has 11 nitrogen and oxygen atoms in total. The minimum Gasteiger partial charge on any atom is -0.451 e. The van der Waals surface area contributed by atoms with Crippen LogP contribution in [-0.4, -0.2) is 99.3 Å². The van der Waals surface area contributed by atoms with Gasteiger partial charge in [0.2, 0.25) is 0 Å². The molecule has 6 bridgehead atoms. The molecule has 1 spiro atoms. The van der Waals surface area contributed by atoms with Gasteiger partial charge in [0, 0.05) is 30.6 Å². The highest BCUT2D eigenvalue weighted by Gasteiger charge is 3.10. The Balaban J connectivity index is 1.70. The summed E-state index contributed by atoms with van der Waals surface area (Å²) in [5, 5.41) is 83.9. The second-order valence-electron chi connectivity index (χ2n) is 11.9. The number of H-pyrrole nitrogens is 1. The Kier molecular flexibility index (Phi) is 4.25. The third-order valence-corrected chi connectivity index (χ3v) is 11.1. The lowest BCUT2D eigenvalue weighted by Gasteiger charge is -2.60. The second kappa shape index (κ2) is 6.24. The maximum Gasteiger partial charge on any atom is 0.355 e. The molecule has 1 aromatic heterocycles. The van der Waals surface area contributed by atoms with Crippen molar-refractivity contribution in [2.45, 2.75) is 86.0 Å². The minimum absolute atomic E-state index is 0.00323. The number of carbonyl (C=O) groups excluding carboxylic acids is 1. The molecule has 6 fully saturated rings. The molecule has 1 aromatic rings. The fraction of sp³-hybridized carbons (Fsp3) is 0.720. The van der Waals surface area contributed by atoms with Crippen molar-refractivity contribution < 1.29 is 50.0 Å². The van der Waals surface area contributed by atoms with Crippen LogP contribution < -0.4 is 0 Å². The van der Waals surface area contributed by atoms with Crippen molar-refractivity contribution in [1.82, 2.24) is 4.98 Å². The van der Waals surface area contributed by atoms with Crippen molar-refractivity contribution in [3.63, 3.8) is 0 Å². The van der Waals surface area contributed by atoms with Crippen LogP contribution in [0.1, 0.15) is 50.5 Å². The smallest absolute Gasteiger partial charge is 0.355 e. The molecule has 8 N–H and O–H groups in total. The summed E-state index contributed by atoms with van der Waals surface area (Å²) in [5.74, 6) is -4.55. The number of carbonyl (C=O) groups is 1. The molecular formula is C25H33NO10. The maximum absolute atomic E-state index is 13.2. The van der Waals surface area contributed by atoms with E-state index in [9.17, 15) is 40.5 Å². The summed E-state index contributed by atoms with van der Waals surface area (Å²) in [6.07, 6.45) is -2.61. The van der Waals surface area contributed by atoms with Crippen LogP contribution in [0.4, 0.5) is 0 Å². The average molecular weight is 508 g/mol. The van der Waals surface area contributed by atoms with Crippen LogP contribution in [0.15, 0.2) is 30.5 Å². The maximum atomic E-state index is 13.2. The highest BCUT2D eigenvalue weighted by Crippen LogP contribution is 2.90. The molecule has 2 aliphatic heterocycles. The van der Waals surface area contributed by atoms with Gasteiger partial charge in [-0.2, -0.15) is 0 Å². The largest absolute Gasteiger partial charge is 0.451 e. The van der Waals surface area contributed by atoms with Crippen LogP contribution in [0.3, 0.4) is 0 Å². The van der Waals surface area contributed by atoms with Gasteiger partial charge >= 0.3 is 5.97 Å². The van der Waals surface area contributed by atoms with Crippen molar-refractivity contribution in [1.29, 1.82) is 0 Å². The molecule has 6 aliphatic rings. The third kappa shape index (κ3) is 1.76. The SMILES string of the molecule is C=C1CCC2(O)C3(C)CC4(O)OC2(C1O)C1(O)C3(O)C(OC(=O)c2ccc[nH]2)C(O)(C(C)CO)C41C. The Morgan fingerprint density at radius 1 is 1.28 bits per heavy atom. The normalized spacial score (nSPS) is 57.2. The van der Waals surface area contributed by atoms with E-state index in [1.54, 1.807) is 6.07 Å². The summed E-state index contributed by atoms with van der Waals surface area (Å²) < 4.78 is 11.9.